The van der Waals surface area contributed by atoms with Crippen LogP contribution in [0.3, 0.4) is 0 Å². The number of nitrogens with zero attached hydrogens (tertiary/aromatic N) is 2. The highest BCUT2D eigenvalue weighted by Gasteiger charge is 2.43. The van der Waals surface area contributed by atoms with E-state index in [2.05, 4.69) is 41.5 Å². The SMILES string of the molecule is CCCCC1(c2ccc(CNCc3cccc(N(C(=O)OC(C)(C)C)C(C(=O)O)C(C)(C)C)n3)cc2)CC1. The van der Waals surface area contributed by atoms with Crippen LogP contribution in [0.1, 0.15) is 97.4 Å². The summed E-state index contributed by atoms with van der Waals surface area (Å²) in [6.45, 7) is 14.0. The Kier molecular flexibility index (Phi) is 9.24. The van der Waals surface area contributed by atoms with Crippen molar-refractivity contribution in [3.63, 3.8) is 0 Å². The number of hydrogen-bond acceptors (Lipinski definition) is 5. The van der Waals surface area contributed by atoms with E-state index >= 15 is 0 Å². The highest BCUT2D eigenvalue weighted by molar-refractivity contribution is 5.95. The number of aliphatic carboxylic acids is 1. The highest BCUT2D eigenvalue weighted by atomic mass is 16.6. The lowest BCUT2D eigenvalue weighted by atomic mass is 9.85. The lowest BCUT2D eigenvalue weighted by molar-refractivity contribution is -0.141. The number of pyridine rings is 1. The van der Waals surface area contributed by atoms with Gasteiger partial charge in [-0.1, -0.05) is 70.9 Å². The molecule has 1 unspecified atom stereocenters. The Morgan fingerprint density at radius 1 is 1.05 bits per heavy atom. The fourth-order valence-corrected chi connectivity index (χ4v) is 4.87. The van der Waals surface area contributed by atoms with E-state index in [-0.39, 0.29) is 5.82 Å². The molecule has 2 aromatic rings. The molecule has 38 heavy (non-hydrogen) atoms. The van der Waals surface area contributed by atoms with Crippen molar-refractivity contribution >= 4 is 17.9 Å². The summed E-state index contributed by atoms with van der Waals surface area (Å²) in [4.78, 5) is 31.3. The Bertz CT molecular complexity index is 1100. The second-order valence-electron chi connectivity index (χ2n) is 12.6. The summed E-state index contributed by atoms with van der Waals surface area (Å²) in [5.74, 6) is -0.855. The molecule has 0 aliphatic heterocycles. The lowest BCUT2D eigenvalue weighted by Gasteiger charge is -2.37. The van der Waals surface area contributed by atoms with E-state index < -0.39 is 29.1 Å². The number of ether oxygens (including phenoxy) is 1. The van der Waals surface area contributed by atoms with Crippen LogP contribution in [0.15, 0.2) is 42.5 Å². The zero-order chi connectivity index (χ0) is 28.1. The Balaban J connectivity index is 1.72. The molecule has 1 aliphatic carbocycles. The topological polar surface area (TPSA) is 91.8 Å². The average molecular weight is 524 g/mol. The van der Waals surface area contributed by atoms with Crippen LogP contribution in [0.4, 0.5) is 10.6 Å². The molecule has 0 bridgehead atoms. The monoisotopic (exact) mass is 523 g/mol. The summed E-state index contributed by atoms with van der Waals surface area (Å²) in [7, 11) is 0. The molecule has 1 aromatic carbocycles. The van der Waals surface area contributed by atoms with Crippen molar-refractivity contribution in [1.29, 1.82) is 0 Å². The second-order valence-corrected chi connectivity index (χ2v) is 12.6. The molecule has 0 radical (unpaired) electrons. The number of carboxylic acid groups (broad SMARTS) is 1. The van der Waals surface area contributed by atoms with E-state index in [1.807, 2.05) is 6.07 Å². The predicted molar refractivity (Wildman–Crippen MR) is 151 cm³/mol. The van der Waals surface area contributed by atoms with E-state index in [0.717, 1.165) is 0 Å². The first-order chi connectivity index (χ1) is 17.8. The molecule has 1 aliphatic rings. The molecular formula is C31H45N3O4. The Morgan fingerprint density at radius 3 is 2.24 bits per heavy atom. The van der Waals surface area contributed by atoms with Gasteiger partial charge >= 0.3 is 12.1 Å². The maximum absolute atomic E-state index is 13.2. The zero-order valence-electron chi connectivity index (χ0n) is 24.1. The molecule has 0 saturated heterocycles. The third-order valence-electron chi connectivity index (χ3n) is 7.01. The molecule has 1 aromatic heterocycles. The van der Waals surface area contributed by atoms with E-state index in [9.17, 15) is 14.7 Å². The van der Waals surface area contributed by atoms with Gasteiger partial charge < -0.3 is 15.2 Å². The summed E-state index contributed by atoms with van der Waals surface area (Å²) in [6.07, 6.45) is 5.66. The van der Waals surface area contributed by atoms with Crippen LogP contribution in [0, 0.1) is 5.41 Å². The van der Waals surface area contributed by atoms with Crippen LogP contribution >= 0.6 is 0 Å². The fraction of sp³-hybridized carbons (Fsp3) is 0.581. The number of amides is 1. The Hall–Kier alpha value is -2.93. The van der Waals surface area contributed by atoms with E-state index in [4.69, 9.17) is 4.74 Å². The van der Waals surface area contributed by atoms with Crippen molar-refractivity contribution < 1.29 is 19.4 Å². The molecule has 1 saturated carbocycles. The number of anilines is 1. The maximum Gasteiger partial charge on any atom is 0.416 e. The minimum absolute atomic E-state index is 0.257. The number of carbonyl (C=O) groups is 2. The predicted octanol–water partition coefficient (Wildman–Crippen LogP) is 6.83. The lowest BCUT2D eigenvalue weighted by Crippen LogP contribution is -2.54. The minimum Gasteiger partial charge on any atom is -0.480 e. The van der Waals surface area contributed by atoms with E-state index in [1.165, 1.54) is 48.1 Å². The van der Waals surface area contributed by atoms with Gasteiger partial charge in [-0.25, -0.2) is 19.5 Å². The van der Waals surface area contributed by atoms with Crippen LogP contribution < -0.4 is 10.2 Å². The number of aromatic nitrogens is 1. The number of carbonyl (C=O) groups excluding carboxylic acids is 1. The molecule has 2 N–H and O–H groups in total. The number of benzene rings is 1. The second kappa shape index (κ2) is 11.9. The maximum atomic E-state index is 13.2. The standard InChI is InChI=1S/C31H45N3O4/c1-8-9-17-31(18-19-31)23-15-13-22(14-16-23)20-32-21-24-11-10-12-25(33-24)34(28(37)38-30(5,6)7)26(27(35)36)29(2,3)4/h10-16,26,32H,8-9,17-21H2,1-7H3,(H,35,36). The van der Waals surface area contributed by atoms with Crippen molar-refractivity contribution in [2.75, 3.05) is 4.90 Å². The number of carboxylic acids is 1. The summed E-state index contributed by atoms with van der Waals surface area (Å²) < 4.78 is 5.59. The summed E-state index contributed by atoms with van der Waals surface area (Å²) in [6, 6.07) is 13.1. The summed E-state index contributed by atoms with van der Waals surface area (Å²) in [5.41, 5.74) is 2.25. The number of nitrogens with one attached hydrogen (secondary N) is 1. The van der Waals surface area contributed by atoms with Crippen LogP contribution in [-0.4, -0.2) is 33.8 Å². The van der Waals surface area contributed by atoms with Crippen molar-refractivity contribution in [2.24, 2.45) is 5.41 Å². The molecule has 7 heteroatoms. The van der Waals surface area contributed by atoms with Crippen molar-refractivity contribution in [3.05, 3.63) is 59.3 Å². The molecule has 1 heterocycles. The molecule has 1 fully saturated rings. The molecular weight excluding hydrogens is 478 g/mol. The number of unbranched alkanes of at least 4 members (excludes halogenated alkanes) is 1. The molecule has 208 valence electrons. The van der Waals surface area contributed by atoms with E-state index in [0.29, 0.717) is 24.2 Å². The normalized spacial score (nSPS) is 15.6. The average Bonchev–Trinajstić information content (AvgIpc) is 3.60. The first-order valence-electron chi connectivity index (χ1n) is 13.8. The van der Waals surface area contributed by atoms with Crippen molar-refractivity contribution in [2.45, 2.75) is 111 Å². The van der Waals surface area contributed by atoms with Gasteiger partial charge in [0.25, 0.3) is 0 Å². The van der Waals surface area contributed by atoms with Gasteiger partial charge in [-0.2, -0.15) is 0 Å². The Morgan fingerprint density at radius 2 is 1.71 bits per heavy atom. The molecule has 3 rings (SSSR count). The molecule has 1 amide bonds. The van der Waals surface area contributed by atoms with Crippen LogP contribution in [0.2, 0.25) is 0 Å². The third kappa shape index (κ3) is 7.79. The van der Waals surface area contributed by atoms with Crippen molar-refractivity contribution in [3.8, 4) is 0 Å². The smallest absolute Gasteiger partial charge is 0.416 e. The van der Waals surface area contributed by atoms with Gasteiger partial charge in [0, 0.05) is 13.1 Å². The number of hydrogen-bond donors (Lipinski definition) is 2. The Labute approximate surface area is 228 Å². The fourth-order valence-electron chi connectivity index (χ4n) is 4.87. The first-order valence-corrected chi connectivity index (χ1v) is 13.8. The van der Waals surface area contributed by atoms with Crippen molar-refractivity contribution in [1.82, 2.24) is 10.3 Å². The van der Waals surface area contributed by atoms with Gasteiger partial charge in [-0.15, -0.1) is 0 Å². The van der Waals surface area contributed by atoms with Crippen LogP contribution in [0.5, 0.6) is 0 Å². The van der Waals surface area contributed by atoms with Gasteiger partial charge in [0.2, 0.25) is 0 Å². The summed E-state index contributed by atoms with van der Waals surface area (Å²) >= 11 is 0. The first kappa shape index (κ1) is 29.6. The van der Waals surface area contributed by atoms with Gasteiger partial charge in [-0.3, -0.25) is 0 Å². The molecule has 1 atom stereocenters. The largest absolute Gasteiger partial charge is 0.480 e. The number of rotatable bonds is 11. The van der Waals surface area contributed by atoms with Crippen LogP contribution in [-0.2, 0) is 28.0 Å². The van der Waals surface area contributed by atoms with E-state index in [1.54, 1.807) is 53.7 Å². The van der Waals surface area contributed by atoms with Gasteiger partial charge in [0.15, 0.2) is 0 Å². The minimum atomic E-state index is -1.15. The zero-order valence-corrected chi connectivity index (χ0v) is 24.1. The van der Waals surface area contributed by atoms with Gasteiger partial charge in [0.1, 0.15) is 17.5 Å². The summed E-state index contributed by atoms with van der Waals surface area (Å²) in [5, 5.41) is 13.5. The third-order valence-corrected chi connectivity index (χ3v) is 7.01. The highest BCUT2D eigenvalue weighted by Crippen LogP contribution is 2.51. The van der Waals surface area contributed by atoms with Gasteiger partial charge in [-0.05, 0) is 74.1 Å². The molecule has 0 spiro atoms. The van der Waals surface area contributed by atoms with Crippen LogP contribution in [0.25, 0.3) is 0 Å². The quantitative estimate of drug-likeness (QED) is 0.335. The molecule has 7 nitrogen and oxygen atoms in total. The van der Waals surface area contributed by atoms with Gasteiger partial charge in [0.05, 0.1) is 5.69 Å².